The molecule has 0 amide bonds. The zero-order chi connectivity index (χ0) is 26.0. The van der Waals surface area contributed by atoms with Crippen molar-refractivity contribution in [1.82, 2.24) is 4.57 Å². The van der Waals surface area contributed by atoms with Crippen molar-refractivity contribution in [3.8, 4) is 28.5 Å². The van der Waals surface area contributed by atoms with Gasteiger partial charge in [0.1, 0.15) is 17.2 Å². The SMILES string of the molecule is COC(=O)c1c(O)c2c(n(Cc3ccc(OC)cc3OC)c1=O)-c1ccc(N(C)C)cc1CCCC2. The van der Waals surface area contributed by atoms with E-state index < -0.39 is 11.5 Å². The monoisotopic (exact) mass is 492 g/mol. The van der Waals surface area contributed by atoms with Crippen LogP contribution in [-0.2, 0) is 24.1 Å². The number of nitrogens with zero attached hydrogens (tertiary/aromatic N) is 2. The number of hydrogen-bond acceptors (Lipinski definition) is 7. The third kappa shape index (κ3) is 4.51. The van der Waals surface area contributed by atoms with E-state index in [2.05, 4.69) is 6.07 Å². The van der Waals surface area contributed by atoms with Gasteiger partial charge in [0.2, 0.25) is 0 Å². The van der Waals surface area contributed by atoms with Gasteiger partial charge >= 0.3 is 5.97 Å². The second kappa shape index (κ2) is 10.4. The number of hydrogen-bond donors (Lipinski definition) is 1. The van der Waals surface area contributed by atoms with Gasteiger partial charge < -0.3 is 28.8 Å². The maximum Gasteiger partial charge on any atom is 0.347 e. The molecule has 0 aliphatic heterocycles. The number of fused-ring (bicyclic) bond motifs is 3. The summed E-state index contributed by atoms with van der Waals surface area (Å²) in [5, 5.41) is 11.2. The number of carbonyl (C=O) groups is 1. The van der Waals surface area contributed by atoms with Gasteiger partial charge in [0, 0.05) is 42.5 Å². The van der Waals surface area contributed by atoms with E-state index in [1.807, 2.05) is 37.2 Å². The molecule has 190 valence electrons. The lowest BCUT2D eigenvalue weighted by Crippen LogP contribution is -2.31. The zero-order valence-corrected chi connectivity index (χ0v) is 21.4. The molecule has 1 heterocycles. The van der Waals surface area contributed by atoms with E-state index in [-0.39, 0.29) is 17.9 Å². The summed E-state index contributed by atoms with van der Waals surface area (Å²) in [7, 11) is 8.30. The molecule has 0 spiro atoms. The molecular weight excluding hydrogens is 460 g/mol. The molecule has 0 unspecified atom stereocenters. The molecule has 2 aromatic carbocycles. The van der Waals surface area contributed by atoms with Crippen molar-refractivity contribution in [2.75, 3.05) is 40.3 Å². The van der Waals surface area contributed by atoms with Crippen molar-refractivity contribution >= 4 is 11.7 Å². The molecule has 36 heavy (non-hydrogen) atoms. The average molecular weight is 493 g/mol. The normalized spacial score (nSPS) is 12.6. The smallest absolute Gasteiger partial charge is 0.347 e. The molecule has 0 atom stereocenters. The van der Waals surface area contributed by atoms with Gasteiger partial charge in [0.05, 0.1) is 33.6 Å². The van der Waals surface area contributed by atoms with Gasteiger partial charge in [-0.05, 0) is 55.5 Å². The Bertz CT molecular complexity index is 1360. The molecule has 8 nitrogen and oxygen atoms in total. The molecular formula is C28H32N2O6. The predicted molar refractivity (Wildman–Crippen MR) is 139 cm³/mol. The Labute approximate surface area is 210 Å². The minimum atomic E-state index is -0.860. The summed E-state index contributed by atoms with van der Waals surface area (Å²) in [5.41, 5.74) is 3.96. The number of esters is 1. The molecule has 1 aromatic heterocycles. The largest absolute Gasteiger partial charge is 0.506 e. The van der Waals surface area contributed by atoms with Gasteiger partial charge in [-0.3, -0.25) is 4.79 Å². The van der Waals surface area contributed by atoms with Crippen LogP contribution in [0.4, 0.5) is 5.69 Å². The standard InChI is InChI=1S/C28H32N2O6/c1-29(2)19-11-13-21-17(14-19)8-6-7-9-22-25(21)30(27(32)24(26(22)31)28(33)36-5)16-18-10-12-20(34-3)15-23(18)35-4/h10-15,31H,6-9,16H2,1-5H3. The number of methoxy groups -OCH3 is 3. The highest BCUT2D eigenvalue weighted by molar-refractivity contribution is 5.93. The number of aromatic hydroxyl groups is 1. The number of anilines is 1. The number of ether oxygens (including phenoxy) is 3. The molecule has 3 aromatic rings. The first kappa shape index (κ1) is 25.2. The maximum absolute atomic E-state index is 13.8. The highest BCUT2D eigenvalue weighted by atomic mass is 16.5. The summed E-state index contributed by atoms with van der Waals surface area (Å²) >= 11 is 0. The van der Waals surface area contributed by atoms with E-state index in [9.17, 15) is 14.7 Å². The second-order valence-corrected chi connectivity index (χ2v) is 9.05. The Hall–Kier alpha value is -3.94. The quantitative estimate of drug-likeness (QED) is 0.520. The number of benzene rings is 2. The van der Waals surface area contributed by atoms with Crippen molar-refractivity contribution in [3.05, 3.63) is 69.0 Å². The fourth-order valence-electron chi connectivity index (χ4n) is 4.81. The average Bonchev–Trinajstić information content (AvgIpc) is 2.87. The second-order valence-electron chi connectivity index (χ2n) is 9.05. The lowest BCUT2D eigenvalue weighted by Gasteiger charge is -2.26. The lowest BCUT2D eigenvalue weighted by molar-refractivity contribution is 0.0594. The van der Waals surface area contributed by atoms with Crippen LogP contribution in [0.5, 0.6) is 17.2 Å². The third-order valence-corrected chi connectivity index (χ3v) is 6.73. The first-order chi connectivity index (χ1) is 17.3. The van der Waals surface area contributed by atoms with Crippen LogP contribution in [0.3, 0.4) is 0 Å². The predicted octanol–water partition coefficient (Wildman–Crippen LogP) is 4.02. The Morgan fingerprint density at radius 2 is 1.78 bits per heavy atom. The van der Waals surface area contributed by atoms with E-state index in [4.69, 9.17) is 14.2 Å². The van der Waals surface area contributed by atoms with Crippen LogP contribution in [0, 0.1) is 0 Å². The van der Waals surface area contributed by atoms with Gasteiger partial charge in [0.15, 0.2) is 5.56 Å². The van der Waals surface area contributed by atoms with Crippen molar-refractivity contribution in [1.29, 1.82) is 0 Å². The van der Waals surface area contributed by atoms with E-state index >= 15 is 0 Å². The van der Waals surface area contributed by atoms with Crippen molar-refractivity contribution in [2.24, 2.45) is 0 Å². The van der Waals surface area contributed by atoms with E-state index in [1.54, 1.807) is 30.9 Å². The van der Waals surface area contributed by atoms with Crippen LogP contribution in [0.1, 0.15) is 39.9 Å². The van der Waals surface area contributed by atoms with Gasteiger partial charge in [-0.25, -0.2) is 4.79 Å². The Morgan fingerprint density at radius 3 is 2.44 bits per heavy atom. The van der Waals surface area contributed by atoms with Gasteiger partial charge in [-0.2, -0.15) is 0 Å². The molecule has 1 aliphatic carbocycles. The van der Waals surface area contributed by atoms with E-state index in [0.29, 0.717) is 29.2 Å². The van der Waals surface area contributed by atoms with Crippen LogP contribution < -0.4 is 19.9 Å². The molecule has 8 heteroatoms. The first-order valence-electron chi connectivity index (χ1n) is 11.9. The molecule has 0 fully saturated rings. The van der Waals surface area contributed by atoms with Crippen molar-refractivity contribution in [3.63, 3.8) is 0 Å². The van der Waals surface area contributed by atoms with Crippen LogP contribution in [0.25, 0.3) is 11.3 Å². The molecule has 0 saturated heterocycles. The number of aryl methyl sites for hydroxylation is 1. The van der Waals surface area contributed by atoms with Gasteiger partial charge in [-0.15, -0.1) is 0 Å². The molecule has 0 bridgehead atoms. The highest BCUT2D eigenvalue weighted by Gasteiger charge is 2.29. The molecule has 1 N–H and O–H groups in total. The number of rotatable bonds is 6. The first-order valence-corrected chi connectivity index (χ1v) is 11.9. The summed E-state index contributed by atoms with van der Waals surface area (Å²) < 4.78 is 17.3. The molecule has 0 saturated carbocycles. The molecule has 4 rings (SSSR count). The Balaban J connectivity index is 2.04. The van der Waals surface area contributed by atoms with Crippen molar-refractivity contribution < 1.29 is 24.1 Å². The number of aromatic nitrogens is 1. The maximum atomic E-state index is 13.8. The molecule has 0 radical (unpaired) electrons. The van der Waals surface area contributed by atoms with Crippen LogP contribution in [0.2, 0.25) is 0 Å². The van der Waals surface area contributed by atoms with Gasteiger partial charge in [-0.1, -0.05) is 6.07 Å². The Kier molecular flexibility index (Phi) is 7.24. The minimum Gasteiger partial charge on any atom is -0.506 e. The summed E-state index contributed by atoms with van der Waals surface area (Å²) in [4.78, 5) is 28.5. The summed E-state index contributed by atoms with van der Waals surface area (Å²) in [6.45, 7) is 0.132. The fraction of sp³-hybridized carbons (Fsp3) is 0.357. The molecule has 1 aliphatic rings. The minimum absolute atomic E-state index is 0.132. The van der Waals surface area contributed by atoms with E-state index in [1.165, 1.54) is 7.11 Å². The van der Waals surface area contributed by atoms with Gasteiger partial charge in [0.25, 0.3) is 5.56 Å². The summed E-state index contributed by atoms with van der Waals surface area (Å²) in [6.07, 6.45) is 3.09. The van der Waals surface area contributed by atoms with Crippen molar-refractivity contribution in [2.45, 2.75) is 32.2 Å². The van der Waals surface area contributed by atoms with E-state index in [0.717, 1.165) is 41.6 Å². The third-order valence-electron chi connectivity index (χ3n) is 6.73. The number of pyridine rings is 1. The highest BCUT2D eigenvalue weighted by Crippen LogP contribution is 2.39. The summed E-state index contributed by atoms with van der Waals surface area (Å²) in [6, 6.07) is 11.5. The van der Waals surface area contributed by atoms with Crippen LogP contribution in [0.15, 0.2) is 41.2 Å². The Morgan fingerprint density at radius 1 is 1.03 bits per heavy atom. The zero-order valence-electron chi connectivity index (χ0n) is 21.4. The lowest BCUT2D eigenvalue weighted by atomic mass is 9.88. The summed E-state index contributed by atoms with van der Waals surface area (Å²) in [5.74, 6) is 0.0165. The number of carbonyl (C=O) groups excluding carboxylic acids is 1. The fourth-order valence-corrected chi connectivity index (χ4v) is 4.81. The van der Waals surface area contributed by atoms with Crippen LogP contribution >= 0.6 is 0 Å². The topological polar surface area (TPSA) is 90.2 Å². The van der Waals surface area contributed by atoms with Crippen LogP contribution in [-0.4, -0.2) is 51.1 Å².